The molecule has 122 valence electrons. The summed E-state index contributed by atoms with van der Waals surface area (Å²) < 4.78 is 7.83. The number of nitrogens with zero attached hydrogens (tertiary/aromatic N) is 3. The number of guanidine groups is 1. The number of aromatic nitrogens is 2. The van der Waals surface area contributed by atoms with Gasteiger partial charge in [-0.1, -0.05) is 0 Å². The lowest BCUT2D eigenvalue weighted by Gasteiger charge is -2.22. The maximum absolute atomic E-state index is 5.88. The average Bonchev–Trinajstić information content (AvgIpc) is 3.17. The van der Waals surface area contributed by atoms with Gasteiger partial charge in [-0.25, -0.2) is 0 Å². The highest BCUT2D eigenvalue weighted by Crippen LogP contribution is 2.34. The third-order valence-corrected chi connectivity index (χ3v) is 4.98. The fourth-order valence-corrected chi connectivity index (χ4v) is 3.65. The first-order chi connectivity index (χ1) is 10.6. The van der Waals surface area contributed by atoms with Gasteiger partial charge in [-0.15, -0.1) is 0 Å². The van der Waals surface area contributed by atoms with Crippen LogP contribution in [-0.2, 0) is 18.2 Å². The third kappa shape index (κ3) is 2.97. The fourth-order valence-electron chi connectivity index (χ4n) is 3.65. The number of hydrogen-bond donors (Lipinski definition) is 2. The van der Waals surface area contributed by atoms with E-state index in [-0.39, 0.29) is 0 Å². The zero-order valence-electron chi connectivity index (χ0n) is 14.0. The van der Waals surface area contributed by atoms with Gasteiger partial charge in [0.15, 0.2) is 5.96 Å². The molecule has 0 spiro atoms. The topological polar surface area (TPSA) is 63.5 Å². The van der Waals surface area contributed by atoms with Crippen molar-refractivity contribution in [3.8, 4) is 0 Å². The van der Waals surface area contributed by atoms with E-state index in [1.807, 2.05) is 18.8 Å². The molecule has 6 heteroatoms. The molecule has 2 aliphatic heterocycles. The summed E-state index contributed by atoms with van der Waals surface area (Å²) in [5.74, 6) is 0.875. The number of ether oxygens (including phenoxy) is 1. The summed E-state index contributed by atoms with van der Waals surface area (Å²) in [7, 11) is 3.82. The molecular formula is C16H27N5O. The van der Waals surface area contributed by atoms with Crippen LogP contribution in [-0.4, -0.2) is 47.6 Å². The SMILES string of the molecule is CN=C(NCCc1c(C)nn(C)c1C)NC1CC2CCC1O2. The van der Waals surface area contributed by atoms with Crippen LogP contribution < -0.4 is 10.6 Å². The second-order valence-electron chi connectivity index (χ2n) is 6.38. The number of hydrogen-bond acceptors (Lipinski definition) is 3. The van der Waals surface area contributed by atoms with Gasteiger partial charge in [0.25, 0.3) is 0 Å². The van der Waals surface area contributed by atoms with Gasteiger partial charge in [-0.05, 0) is 45.1 Å². The third-order valence-electron chi connectivity index (χ3n) is 4.98. The van der Waals surface area contributed by atoms with Crippen LogP contribution in [0.2, 0.25) is 0 Å². The summed E-state index contributed by atoms with van der Waals surface area (Å²) in [4.78, 5) is 4.33. The Morgan fingerprint density at radius 1 is 1.41 bits per heavy atom. The van der Waals surface area contributed by atoms with E-state index in [4.69, 9.17) is 4.74 Å². The lowest BCUT2D eigenvalue weighted by molar-refractivity contribution is 0.0992. The predicted octanol–water partition coefficient (Wildman–Crippen LogP) is 1.06. The molecule has 0 aliphatic carbocycles. The minimum absolute atomic E-state index is 0.367. The summed E-state index contributed by atoms with van der Waals surface area (Å²) in [6.45, 7) is 5.05. The predicted molar refractivity (Wildman–Crippen MR) is 87.2 cm³/mol. The smallest absolute Gasteiger partial charge is 0.191 e. The minimum atomic E-state index is 0.367. The zero-order chi connectivity index (χ0) is 15.7. The fraction of sp³-hybridized carbons (Fsp3) is 0.750. The number of aryl methyl sites for hydroxylation is 2. The van der Waals surface area contributed by atoms with Crippen molar-refractivity contribution in [2.45, 2.75) is 57.8 Å². The average molecular weight is 305 g/mol. The van der Waals surface area contributed by atoms with E-state index < -0.39 is 0 Å². The van der Waals surface area contributed by atoms with Gasteiger partial charge < -0.3 is 15.4 Å². The van der Waals surface area contributed by atoms with Gasteiger partial charge in [-0.2, -0.15) is 5.10 Å². The molecule has 1 aromatic rings. The molecule has 3 unspecified atom stereocenters. The number of rotatable bonds is 4. The Balaban J connectivity index is 1.49. The van der Waals surface area contributed by atoms with Gasteiger partial charge in [0.1, 0.15) is 0 Å². The number of nitrogens with one attached hydrogen (secondary N) is 2. The Kier molecular flexibility index (Phi) is 4.38. The van der Waals surface area contributed by atoms with E-state index in [1.165, 1.54) is 24.1 Å². The number of fused-ring (bicyclic) bond motifs is 2. The van der Waals surface area contributed by atoms with Crippen LogP contribution >= 0.6 is 0 Å². The Hall–Kier alpha value is -1.56. The van der Waals surface area contributed by atoms with Crippen LogP contribution in [0, 0.1) is 13.8 Å². The monoisotopic (exact) mass is 305 g/mol. The van der Waals surface area contributed by atoms with Crippen molar-refractivity contribution < 1.29 is 4.74 Å². The molecule has 22 heavy (non-hydrogen) atoms. The first-order valence-electron chi connectivity index (χ1n) is 8.20. The zero-order valence-corrected chi connectivity index (χ0v) is 14.0. The van der Waals surface area contributed by atoms with Crippen LogP contribution in [0.3, 0.4) is 0 Å². The van der Waals surface area contributed by atoms with Crippen molar-refractivity contribution in [1.29, 1.82) is 0 Å². The second-order valence-corrected chi connectivity index (χ2v) is 6.38. The van der Waals surface area contributed by atoms with Crippen LogP contribution in [0.1, 0.15) is 36.2 Å². The Bertz CT molecular complexity index is 565. The van der Waals surface area contributed by atoms with Gasteiger partial charge in [0, 0.05) is 26.3 Å². The molecule has 2 saturated heterocycles. The maximum atomic E-state index is 5.88. The van der Waals surface area contributed by atoms with Crippen molar-refractivity contribution in [1.82, 2.24) is 20.4 Å². The summed E-state index contributed by atoms with van der Waals surface area (Å²) in [6.07, 6.45) is 5.28. The largest absolute Gasteiger partial charge is 0.373 e. The normalized spacial score (nSPS) is 27.5. The lowest BCUT2D eigenvalue weighted by Crippen LogP contribution is -2.47. The molecule has 6 nitrogen and oxygen atoms in total. The Morgan fingerprint density at radius 2 is 2.23 bits per heavy atom. The van der Waals surface area contributed by atoms with E-state index in [0.29, 0.717) is 18.2 Å². The summed E-state index contributed by atoms with van der Waals surface area (Å²) in [5, 5.41) is 11.4. The Morgan fingerprint density at radius 3 is 2.77 bits per heavy atom. The highest BCUT2D eigenvalue weighted by atomic mass is 16.5. The van der Waals surface area contributed by atoms with Gasteiger partial charge >= 0.3 is 0 Å². The molecule has 0 saturated carbocycles. The Labute approximate surface area is 132 Å². The van der Waals surface area contributed by atoms with Gasteiger partial charge in [-0.3, -0.25) is 9.67 Å². The van der Waals surface area contributed by atoms with E-state index in [1.54, 1.807) is 0 Å². The van der Waals surface area contributed by atoms with Crippen molar-refractivity contribution in [2.24, 2.45) is 12.0 Å². The summed E-state index contributed by atoms with van der Waals surface area (Å²) in [6, 6.07) is 0.409. The van der Waals surface area contributed by atoms with Crippen molar-refractivity contribution in [3.63, 3.8) is 0 Å². The first kappa shape index (κ1) is 15.3. The highest BCUT2D eigenvalue weighted by molar-refractivity contribution is 5.80. The van der Waals surface area contributed by atoms with Crippen molar-refractivity contribution in [2.75, 3.05) is 13.6 Å². The molecule has 2 N–H and O–H groups in total. The summed E-state index contributed by atoms with van der Waals surface area (Å²) in [5.41, 5.74) is 3.68. The van der Waals surface area contributed by atoms with Gasteiger partial charge in [0.2, 0.25) is 0 Å². The lowest BCUT2D eigenvalue weighted by atomic mass is 9.96. The molecule has 3 heterocycles. The molecule has 3 rings (SSSR count). The highest BCUT2D eigenvalue weighted by Gasteiger charge is 2.41. The molecule has 2 bridgehead atoms. The molecular weight excluding hydrogens is 278 g/mol. The molecule has 0 radical (unpaired) electrons. The van der Waals surface area contributed by atoms with Crippen LogP contribution in [0.5, 0.6) is 0 Å². The molecule has 2 fully saturated rings. The van der Waals surface area contributed by atoms with E-state index >= 15 is 0 Å². The van der Waals surface area contributed by atoms with Crippen LogP contribution in [0.4, 0.5) is 0 Å². The molecule has 0 aromatic carbocycles. The van der Waals surface area contributed by atoms with Crippen molar-refractivity contribution >= 4 is 5.96 Å². The molecule has 3 atom stereocenters. The minimum Gasteiger partial charge on any atom is -0.373 e. The standard InChI is InChI=1S/C16H27N5O/c1-10-13(11(2)21(4)20-10)7-8-18-16(17-3)19-14-9-12-5-6-15(14)22-12/h12,14-15H,5-9H2,1-4H3,(H2,17,18,19). The van der Waals surface area contributed by atoms with E-state index in [0.717, 1.165) is 31.0 Å². The second kappa shape index (κ2) is 6.28. The maximum Gasteiger partial charge on any atom is 0.191 e. The molecule has 0 amide bonds. The van der Waals surface area contributed by atoms with Gasteiger partial charge in [0.05, 0.1) is 23.9 Å². The van der Waals surface area contributed by atoms with Crippen LogP contribution in [0.15, 0.2) is 4.99 Å². The number of aliphatic imine (C=N–C) groups is 1. The summed E-state index contributed by atoms with van der Waals surface area (Å²) >= 11 is 0. The van der Waals surface area contributed by atoms with Crippen molar-refractivity contribution in [3.05, 3.63) is 17.0 Å². The van der Waals surface area contributed by atoms with Crippen LogP contribution in [0.25, 0.3) is 0 Å². The van der Waals surface area contributed by atoms with E-state index in [9.17, 15) is 0 Å². The quantitative estimate of drug-likeness (QED) is 0.645. The molecule has 1 aromatic heterocycles. The molecule has 2 aliphatic rings. The first-order valence-corrected chi connectivity index (χ1v) is 8.20. The van der Waals surface area contributed by atoms with E-state index in [2.05, 4.69) is 34.6 Å².